The Balaban J connectivity index is 1.63. The van der Waals surface area contributed by atoms with E-state index in [2.05, 4.69) is 46.4 Å². The number of aryl methyl sites for hydroxylation is 1. The van der Waals surface area contributed by atoms with Crippen molar-refractivity contribution in [3.05, 3.63) is 52.1 Å². The van der Waals surface area contributed by atoms with Crippen LogP contribution in [0.1, 0.15) is 37.7 Å². The van der Waals surface area contributed by atoms with Crippen LogP contribution in [0.25, 0.3) is 10.9 Å². The molecule has 1 saturated heterocycles. The maximum absolute atomic E-state index is 13.6. The van der Waals surface area contributed by atoms with Gasteiger partial charge in [-0.1, -0.05) is 6.07 Å². The van der Waals surface area contributed by atoms with E-state index in [0.717, 1.165) is 35.2 Å². The zero-order valence-corrected chi connectivity index (χ0v) is 19.2. The van der Waals surface area contributed by atoms with Crippen molar-refractivity contribution >= 4 is 44.4 Å². The first-order valence-electron chi connectivity index (χ1n) is 10.2. The third kappa shape index (κ3) is 4.76. The highest BCUT2D eigenvalue weighted by atomic mass is 79.9. The molecule has 1 aromatic carbocycles. The highest BCUT2D eigenvalue weighted by molar-refractivity contribution is 9.10. The quantitative estimate of drug-likeness (QED) is 0.564. The van der Waals surface area contributed by atoms with E-state index in [1.807, 2.05) is 19.9 Å². The van der Waals surface area contributed by atoms with Gasteiger partial charge in [-0.05, 0) is 60.0 Å². The predicted octanol–water partition coefficient (Wildman–Crippen LogP) is 4.12. The maximum atomic E-state index is 13.6. The minimum absolute atomic E-state index is 0.0184. The van der Waals surface area contributed by atoms with Gasteiger partial charge in [0.05, 0.1) is 22.2 Å². The van der Waals surface area contributed by atoms with Gasteiger partial charge in [0.25, 0.3) is 0 Å². The Labute approximate surface area is 188 Å². The van der Waals surface area contributed by atoms with Crippen LogP contribution in [0.2, 0.25) is 0 Å². The first kappa shape index (κ1) is 21.4. The molecule has 0 radical (unpaired) electrons. The molecule has 9 heteroatoms. The van der Waals surface area contributed by atoms with Crippen molar-refractivity contribution in [3.63, 3.8) is 0 Å². The van der Waals surface area contributed by atoms with Gasteiger partial charge in [-0.15, -0.1) is 0 Å². The van der Waals surface area contributed by atoms with E-state index in [0.29, 0.717) is 22.7 Å². The Morgan fingerprint density at radius 2 is 2.13 bits per heavy atom. The Kier molecular flexibility index (Phi) is 6.04. The molecular formula is C22H24BrFN6O. The highest BCUT2D eigenvalue weighted by Gasteiger charge is 2.24. The molecule has 0 unspecified atom stereocenters. The predicted molar refractivity (Wildman–Crippen MR) is 123 cm³/mol. The molecule has 2 atom stereocenters. The zero-order valence-electron chi connectivity index (χ0n) is 17.6. The van der Waals surface area contributed by atoms with Crippen LogP contribution in [0.15, 0.2) is 34.9 Å². The molecule has 1 amide bonds. The van der Waals surface area contributed by atoms with Crippen LogP contribution in [0.4, 0.5) is 16.0 Å². The molecule has 3 aromatic rings. The third-order valence-electron chi connectivity index (χ3n) is 5.40. The molecule has 2 N–H and O–H groups in total. The van der Waals surface area contributed by atoms with E-state index in [1.165, 1.54) is 13.0 Å². The summed E-state index contributed by atoms with van der Waals surface area (Å²) >= 11 is 3.25. The average Bonchev–Trinajstić information content (AvgIpc) is 3.17. The van der Waals surface area contributed by atoms with E-state index in [-0.39, 0.29) is 23.8 Å². The van der Waals surface area contributed by atoms with Crippen LogP contribution in [-0.2, 0) is 4.79 Å². The Bertz CT molecular complexity index is 1140. The smallest absolute Gasteiger partial charge is 0.217 e. The average molecular weight is 487 g/mol. The molecule has 31 heavy (non-hydrogen) atoms. The lowest BCUT2D eigenvalue weighted by atomic mass is 10.1. The van der Waals surface area contributed by atoms with E-state index in [9.17, 15) is 9.18 Å². The molecule has 0 aliphatic carbocycles. The van der Waals surface area contributed by atoms with Crippen molar-refractivity contribution in [3.8, 4) is 0 Å². The third-order valence-corrected chi connectivity index (χ3v) is 6.00. The molecule has 7 nitrogen and oxygen atoms in total. The summed E-state index contributed by atoms with van der Waals surface area (Å²) in [6.45, 7) is 6.92. The number of aromatic nitrogens is 3. The van der Waals surface area contributed by atoms with Crippen LogP contribution in [0.3, 0.4) is 0 Å². The zero-order chi connectivity index (χ0) is 22.1. The number of anilines is 2. The van der Waals surface area contributed by atoms with Gasteiger partial charge in [-0.3, -0.25) is 4.79 Å². The lowest BCUT2D eigenvalue weighted by molar-refractivity contribution is -0.119. The second-order valence-electron chi connectivity index (χ2n) is 7.85. The largest absolute Gasteiger partial charge is 0.363 e. The maximum Gasteiger partial charge on any atom is 0.217 e. The summed E-state index contributed by atoms with van der Waals surface area (Å²) in [5.41, 5.74) is 1.69. The molecule has 0 bridgehead atoms. The van der Waals surface area contributed by atoms with Gasteiger partial charge >= 0.3 is 0 Å². The van der Waals surface area contributed by atoms with Gasteiger partial charge < -0.3 is 15.5 Å². The second-order valence-corrected chi connectivity index (χ2v) is 8.71. The Hall–Kier alpha value is -2.81. The lowest BCUT2D eigenvalue weighted by Crippen LogP contribution is -2.35. The number of rotatable bonds is 5. The molecule has 162 valence electrons. The van der Waals surface area contributed by atoms with Crippen molar-refractivity contribution in [2.24, 2.45) is 0 Å². The van der Waals surface area contributed by atoms with Crippen LogP contribution < -0.4 is 15.5 Å². The number of carbonyl (C=O) groups is 1. The van der Waals surface area contributed by atoms with Crippen LogP contribution in [0, 0.1) is 12.7 Å². The fourth-order valence-corrected chi connectivity index (χ4v) is 4.26. The minimum Gasteiger partial charge on any atom is -0.363 e. The van der Waals surface area contributed by atoms with E-state index >= 15 is 0 Å². The SMILES string of the molecule is CC(=O)N[C@@H]1CCN(c2cc3c(N[C@H](C)c4ccc(F)c(Br)c4)nc(C)nc3cn2)C1. The van der Waals surface area contributed by atoms with Crippen molar-refractivity contribution in [2.75, 3.05) is 23.3 Å². The van der Waals surface area contributed by atoms with Crippen LogP contribution in [-0.4, -0.2) is 40.0 Å². The van der Waals surface area contributed by atoms with E-state index < -0.39 is 0 Å². The summed E-state index contributed by atoms with van der Waals surface area (Å²) < 4.78 is 14.0. The monoisotopic (exact) mass is 486 g/mol. The number of nitrogens with one attached hydrogen (secondary N) is 2. The van der Waals surface area contributed by atoms with Gasteiger partial charge in [-0.25, -0.2) is 19.3 Å². The summed E-state index contributed by atoms with van der Waals surface area (Å²) in [6, 6.07) is 6.99. The number of carbonyl (C=O) groups excluding carboxylic acids is 1. The summed E-state index contributed by atoms with van der Waals surface area (Å²) in [5, 5.41) is 7.29. The number of hydrogen-bond acceptors (Lipinski definition) is 6. The van der Waals surface area contributed by atoms with Gasteiger partial charge in [0, 0.05) is 31.4 Å². The minimum atomic E-state index is -0.293. The number of hydrogen-bond donors (Lipinski definition) is 2. The molecule has 1 fully saturated rings. The number of fused-ring (bicyclic) bond motifs is 1. The highest BCUT2D eigenvalue weighted by Crippen LogP contribution is 2.29. The van der Waals surface area contributed by atoms with Crippen molar-refractivity contribution in [1.29, 1.82) is 0 Å². The van der Waals surface area contributed by atoms with Crippen LogP contribution in [0.5, 0.6) is 0 Å². The number of nitrogens with zero attached hydrogens (tertiary/aromatic N) is 4. The van der Waals surface area contributed by atoms with E-state index in [4.69, 9.17) is 0 Å². The van der Waals surface area contributed by atoms with Gasteiger partial charge in [0.1, 0.15) is 23.3 Å². The summed E-state index contributed by atoms with van der Waals surface area (Å²) in [4.78, 5) is 27.2. The molecule has 3 heterocycles. The van der Waals surface area contributed by atoms with Crippen molar-refractivity contribution < 1.29 is 9.18 Å². The van der Waals surface area contributed by atoms with Gasteiger partial charge in [0.2, 0.25) is 5.91 Å². The van der Waals surface area contributed by atoms with Crippen molar-refractivity contribution in [2.45, 2.75) is 39.3 Å². The first-order chi connectivity index (χ1) is 14.8. The second kappa shape index (κ2) is 8.74. The topological polar surface area (TPSA) is 83.0 Å². The molecule has 0 spiro atoms. The summed E-state index contributed by atoms with van der Waals surface area (Å²) in [6.07, 6.45) is 2.64. The summed E-state index contributed by atoms with van der Waals surface area (Å²) in [5.74, 6) is 1.86. The first-order valence-corrected chi connectivity index (χ1v) is 11.0. The normalized spacial score (nSPS) is 17.1. The van der Waals surface area contributed by atoms with Gasteiger partial charge in [0.15, 0.2) is 0 Å². The van der Waals surface area contributed by atoms with Crippen LogP contribution >= 0.6 is 15.9 Å². The van der Waals surface area contributed by atoms with E-state index in [1.54, 1.807) is 18.3 Å². The molecular weight excluding hydrogens is 463 g/mol. The molecule has 1 aliphatic rings. The summed E-state index contributed by atoms with van der Waals surface area (Å²) in [7, 11) is 0. The fraction of sp³-hybridized carbons (Fsp3) is 0.364. The fourth-order valence-electron chi connectivity index (χ4n) is 3.86. The number of pyridine rings is 1. The molecule has 1 aliphatic heterocycles. The standard InChI is InChI=1S/C22H24BrFN6O/c1-12(15-4-5-19(24)18(23)8-15)26-22-17-9-21(25-10-20(17)27-13(2)28-22)30-7-6-16(11-30)29-14(3)31/h4-5,8-10,12,16H,6-7,11H2,1-3H3,(H,29,31)(H,26,27,28)/t12-,16-/m1/s1. The molecule has 0 saturated carbocycles. The molecule has 4 rings (SSSR count). The number of amides is 1. The van der Waals surface area contributed by atoms with Gasteiger partial charge in [-0.2, -0.15) is 0 Å². The molecule has 2 aromatic heterocycles. The lowest BCUT2D eigenvalue weighted by Gasteiger charge is -2.20. The Morgan fingerprint density at radius 1 is 1.32 bits per heavy atom. The number of benzene rings is 1. The number of halogens is 2. The van der Waals surface area contributed by atoms with Crippen molar-refractivity contribution in [1.82, 2.24) is 20.3 Å². The Morgan fingerprint density at radius 3 is 2.87 bits per heavy atom.